The number of hydrogen-bond acceptors (Lipinski definition) is 3. The second-order valence-corrected chi connectivity index (χ2v) is 4.08. The first kappa shape index (κ1) is 11.0. The lowest BCUT2D eigenvalue weighted by Gasteiger charge is -2.09. The van der Waals surface area contributed by atoms with E-state index in [9.17, 15) is 0 Å². The molecule has 1 aromatic heterocycles. The molecule has 0 aromatic carbocycles. The molecule has 0 amide bonds. The Labute approximate surface area is 87.7 Å². The van der Waals surface area contributed by atoms with Crippen LogP contribution in [0.1, 0.15) is 24.3 Å². The molecule has 0 spiro atoms. The van der Waals surface area contributed by atoms with E-state index in [-0.39, 0.29) is 6.04 Å². The average molecular weight is 220 g/mol. The van der Waals surface area contributed by atoms with Gasteiger partial charge in [0, 0.05) is 24.1 Å². The first-order chi connectivity index (χ1) is 6.25. The summed E-state index contributed by atoms with van der Waals surface area (Å²) < 4.78 is 5.22. The fourth-order valence-corrected chi connectivity index (χ4v) is 2.29. The molecule has 1 heterocycles. The Bertz CT molecular complexity index is 252. The van der Waals surface area contributed by atoms with Crippen molar-refractivity contribution in [3.8, 4) is 0 Å². The predicted octanol–water partition coefficient (Wildman–Crippen LogP) is 2.83. The van der Waals surface area contributed by atoms with Gasteiger partial charge in [0.05, 0.1) is 5.02 Å². The molecule has 2 nitrogen and oxygen atoms in total. The normalized spacial score (nSPS) is 13.2. The molecule has 13 heavy (non-hydrogen) atoms. The van der Waals surface area contributed by atoms with Gasteiger partial charge >= 0.3 is 0 Å². The van der Waals surface area contributed by atoms with Gasteiger partial charge in [-0.15, -0.1) is 11.3 Å². The monoisotopic (exact) mass is 219 g/mol. The Morgan fingerprint density at radius 1 is 1.69 bits per heavy atom. The van der Waals surface area contributed by atoms with Gasteiger partial charge in [-0.25, -0.2) is 0 Å². The van der Waals surface area contributed by atoms with Crippen molar-refractivity contribution in [1.82, 2.24) is 0 Å². The van der Waals surface area contributed by atoms with Crippen LogP contribution in [0, 0.1) is 0 Å². The van der Waals surface area contributed by atoms with Crippen LogP contribution in [-0.2, 0) is 4.74 Å². The van der Waals surface area contributed by atoms with E-state index in [1.165, 1.54) is 0 Å². The van der Waals surface area contributed by atoms with Crippen LogP contribution in [0.3, 0.4) is 0 Å². The lowest BCUT2D eigenvalue weighted by Crippen LogP contribution is -2.12. The molecule has 1 atom stereocenters. The average Bonchev–Trinajstić information content (AvgIpc) is 2.52. The van der Waals surface area contributed by atoms with E-state index in [0.717, 1.165) is 22.9 Å². The Morgan fingerprint density at radius 3 is 3.00 bits per heavy atom. The molecule has 1 unspecified atom stereocenters. The van der Waals surface area contributed by atoms with Gasteiger partial charge in [0.15, 0.2) is 0 Å². The third-order valence-corrected chi connectivity index (χ3v) is 3.25. The van der Waals surface area contributed by atoms with Crippen molar-refractivity contribution in [1.29, 1.82) is 0 Å². The summed E-state index contributed by atoms with van der Waals surface area (Å²) in [6, 6.07) is 1.89. The van der Waals surface area contributed by atoms with Gasteiger partial charge in [-0.1, -0.05) is 11.6 Å². The molecule has 74 valence electrons. The summed E-state index contributed by atoms with van der Waals surface area (Å²) in [4.78, 5) is 1.06. The van der Waals surface area contributed by atoms with E-state index in [1.54, 1.807) is 11.3 Å². The highest BCUT2D eigenvalue weighted by atomic mass is 35.5. The summed E-state index contributed by atoms with van der Waals surface area (Å²) in [5.41, 5.74) is 5.93. The Morgan fingerprint density at radius 2 is 2.46 bits per heavy atom. The van der Waals surface area contributed by atoms with Crippen LogP contribution in [0.4, 0.5) is 0 Å². The third-order valence-electron chi connectivity index (χ3n) is 1.76. The van der Waals surface area contributed by atoms with Gasteiger partial charge in [0.1, 0.15) is 0 Å². The maximum Gasteiger partial charge on any atom is 0.0561 e. The minimum Gasteiger partial charge on any atom is -0.382 e. The zero-order valence-corrected chi connectivity index (χ0v) is 9.20. The Kier molecular flexibility index (Phi) is 4.73. The van der Waals surface area contributed by atoms with Gasteiger partial charge in [-0.2, -0.15) is 0 Å². The summed E-state index contributed by atoms with van der Waals surface area (Å²) in [6.07, 6.45) is 0.827. The number of halogens is 1. The Balaban J connectivity index is 2.39. The number of thiophene rings is 1. The summed E-state index contributed by atoms with van der Waals surface area (Å²) >= 11 is 7.54. The molecular weight excluding hydrogens is 206 g/mol. The lowest BCUT2D eigenvalue weighted by atomic mass is 10.2. The van der Waals surface area contributed by atoms with Crippen LogP contribution in [-0.4, -0.2) is 13.2 Å². The summed E-state index contributed by atoms with van der Waals surface area (Å²) in [5.74, 6) is 0. The molecule has 0 saturated carbocycles. The third kappa shape index (κ3) is 3.27. The molecule has 0 aliphatic heterocycles. The summed E-state index contributed by atoms with van der Waals surface area (Å²) in [5, 5.41) is 2.73. The number of nitrogens with two attached hydrogens (primary N) is 1. The highest BCUT2D eigenvalue weighted by Gasteiger charge is 2.10. The number of ether oxygens (including phenoxy) is 1. The molecule has 0 aliphatic carbocycles. The van der Waals surface area contributed by atoms with Crippen LogP contribution in [0.2, 0.25) is 5.02 Å². The van der Waals surface area contributed by atoms with E-state index in [2.05, 4.69) is 0 Å². The minimum absolute atomic E-state index is 0.0130. The molecule has 0 radical (unpaired) electrons. The highest BCUT2D eigenvalue weighted by molar-refractivity contribution is 7.10. The van der Waals surface area contributed by atoms with E-state index in [4.69, 9.17) is 22.1 Å². The fourth-order valence-electron chi connectivity index (χ4n) is 1.06. The van der Waals surface area contributed by atoms with Crippen LogP contribution in [0.15, 0.2) is 11.4 Å². The van der Waals surface area contributed by atoms with E-state index >= 15 is 0 Å². The lowest BCUT2D eigenvalue weighted by molar-refractivity contribution is 0.140. The van der Waals surface area contributed by atoms with Crippen molar-refractivity contribution in [3.63, 3.8) is 0 Å². The molecule has 1 aromatic rings. The predicted molar refractivity (Wildman–Crippen MR) is 57.4 cm³/mol. The SMILES string of the molecule is CCOCCC(N)c1sccc1Cl. The van der Waals surface area contributed by atoms with Gasteiger partial charge in [-0.3, -0.25) is 0 Å². The molecule has 1 rings (SSSR count). The topological polar surface area (TPSA) is 35.2 Å². The van der Waals surface area contributed by atoms with E-state index in [1.807, 2.05) is 18.4 Å². The molecule has 4 heteroatoms. The number of hydrogen-bond donors (Lipinski definition) is 1. The van der Waals surface area contributed by atoms with E-state index < -0.39 is 0 Å². The first-order valence-electron chi connectivity index (χ1n) is 4.32. The van der Waals surface area contributed by atoms with Crippen molar-refractivity contribution in [2.75, 3.05) is 13.2 Å². The van der Waals surface area contributed by atoms with Gasteiger partial charge < -0.3 is 10.5 Å². The largest absolute Gasteiger partial charge is 0.382 e. The van der Waals surface area contributed by atoms with Crippen molar-refractivity contribution >= 4 is 22.9 Å². The van der Waals surface area contributed by atoms with Crippen LogP contribution >= 0.6 is 22.9 Å². The highest BCUT2D eigenvalue weighted by Crippen LogP contribution is 2.28. The molecule has 0 aliphatic rings. The maximum absolute atomic E-state index is 5.94. The van der Waals surface area contributed by atoms with Crippen LogP contribution < -0.4 is 5.73 Å². The maximum atomic E-state index is 5.94. The van der Waals surface area contributed by atoms with Gasteiger partial charge in [0.2, 0.25) is 0 Å². The molecule has 0 bridgehead atoms. The molecule has 0 fully saturated rings. The zero-order valence-electron chi connectivity index (χ0n) is 7.63. The molecule has 0 saturated heterocycles. The van der Waals surface area contributed by atoms with Crippen molar-refractivity contribution in [2.24, 2.45) is 5.73 Å². The second-order valence-electron chi connectivity index (χ2n) is 2.72. The van der Waals surface area contributed by atoms with Crippen LogP contribution in [0.5, 0.6) is 0 Å². The molecular formula is C9H14ClNOS. The quantitative estimate of drug-likeness (QED) is 0.773. The van der Waals surface area contributed by atoms with Crippen molar-refractivity contribution in [2.45, 2.75) is 19.4 Å². The Hall–Kier alpha value is -0.0900. The van der Waals surface area contributed by atoms with Crippen molar-refractivity contribution in [3.05, 3.63) is 21.3 Å². The van der Waals surface area contributed by atoms with Gasteiger partial charge in [0.25, 0.3) is 0 Å². The van der Waals surface area contributed by atoms with Crippen LogP contribution in [0.25, 0.3) is 0 Å². The van der Waals surface area contributed by atoms with E-state index in [0.29, 0.717) is 6.61 Å². The smallest absolute Gasteiger partial charge is 0.0561 e. The zero-order chi connectivity index (χ0) is 9.68. The summed E-state index contributed by atoms with van der Waals surface area (Å²) in [7, 11) is 0. The molecule has 2 N–H and O–H groups in total. The number of rotatable bonds is 5. The van der Waals surface area contributed by atoms with Crippen molar-refractivity contribution < 1.29 is 4.74 Å². The first-order valence-corrected chi connectivity index (χ1v) is 5.57. The standard InChI is InChI=1S/C9H14ClNOS/c1-2-12-5-3-8(11)9-7(10)4-6-13-9/h4,6,8H,2-3,5,11H2,1H3. The second kappa shape index (κ2) is 5.60. The minimum atomic E-state index is 0.0130. The fraction of sp³-hybridized carbons (Fsp3) is 0.556. The summed E-state index contributed by atoms with van der Waals surface area (Å²) in [6.45, 7) is 3.42. The van der Waals surface area contributed by atoms with Gasteiger partial charge in [-0.05, 0) is 24.8 Å².